The molecule has 1 aromatic rings. The van der Waals surface area contributed by atoms with E-state index in [1.54, 1.807) is 6.07 Å². The van der Waals surface area contributed by atoms with E-state index in [1.165, 1.54) is 12.8 Å². The molecule has 1 saturated carbocycles. The van der Waals surface area contributed by atoms with Gasteiger partial charge in [-0.2, -0.15) is 0 Å². The van der Waals surface area contributed by atoms with Crippen molar-refractivity contribution in [1.82, 2.24) is 10.2 Å². The molecule has 3 rings (SSSR count). The minimum absolute atomic E-state index is 0.228. The first-order chi connectivity index (χ1) is 10.1. The van der Waals surface area contributed by atoms with Crippen LogP contribution in [0.3, 0.4) is 0 Å². The molecule has 0 radical (unpaired) electrons. The van der Waals surface area contributed by atoms with Gasteiger partial charge < -0.3 is 5.32 Å². The summed E-state index contributed by atoms with van der Waals surface area (Å²) in [6.45, 7) is 7.17. The molecule has 0 amide bonds. The third-order valence-electron chi connectivity index (χ3n) is 4.87. The summed E-state index contributed by atoms with van der Waals surface area (Å²) < 4.78 is 14.2. The fraction of sp³-hybridized carbons (Fsp3) is 0.647. The van der Waals surface area contributed by atoms with Crippen LogP contribution >= 0.6 is 11.6 Å². The molecule has 1 N–H and O–H groups in total. The summed E-state index contributed by atoms with van der Waals surface area (Å²) in [5.41, 5.74) is 0.720. The topological polar surface area (TPSA) is 15.3 Å². The van der Waals surface area contributed by atoms with Crippen LogP contribution in [0.1, 0.15) is 32.3 Å². The molecule has 2 unspecified atom stereocenters. The molecule has 1 aliphatic carbocycles. The lowest BCUT2D eigenvalue weighted by Gasteiger charge is -2.42. The lowest BCUT2D eigenvalue weighted by Crippen LogP contribution is -2.58. The minimum atomic E-state index is -0.256. The van der Waals surface area contributed by atoms with Crippen LogP contribution in [0.15, 0.2) is 18.2 Å². The Morgan fingerprint density at radius 1 is 1.38 bits per heavy atom. The Bertz CT molecular complexity index is 502. The Kier molecular flexibility index (Phi) is 4.53. The highest BCUT2D eigenvalue weighted by Crippen LogP contribution is 2.37. The van der Waals surface area contributed by atoms with E-state index in [2.05, 4.69) is 24.1 Å². The first kappa shape index (κ1) is 15.3. The molecule has 21 heavy (non-hydrogen) atoms. The van der Waals surface area contributed by atoms with E-state index in [4.69, 9.17) is 11.6 Å². The van der Waals surface area contributed by atoms with E-state index in [9.17, 15) is 4.39 Å². The summed E-state index contributed by atoms with van der Waals surface area (Å²) >= 11 is 5.92. The van der Waals surface area contributed by atoms with Crippen molar-refractivity contribution >= 4 is 11.6 Å². The van der Waals surface area contributed by atoms with E-state index >= 15 is 0 Å². The van der Waals surface area contributed by atoms with Crippen molar-refractivity contribution in [2.75, 3.05) is 13.1 Å². The standard InChI is InChI=1S/C17H24ClFN2/c1-11(2)15-10-21(16(8-20-15)12-6-7-12)9-13-4-3-5-14(18)17(13)19/h3-5,11-12,15-16,20H,6-10H2,1-2H3. The van der Waals surface area contributed by atoms with Gasteiger partial charge in [-0.1, -0.05) is 37.6 Å². The zero-order valence-electron chi connectivity index (χ0n) is 12.8. The molecule has 116 valence electrons. The maximum absolute atomic E-state index is 14.2. The van der Waals surface area contributed by atoms with E-state index in [1.807, 2.05) is 12.1 Å². The highest BCUT2D eigenvalue weighted by Gasteiger charge is 2.39. The average molecular weight is 311 g/mol. The summed E-state index contributed by atoms with van der Waals surface area (Å²) in [5, 5.41) is 3.90. The fourth-order valence-electron chi connectivity index (χ4n) is 3.32. The van der Waals surface area contributed by atoms with Crippen LogP contribution in [0.4, 0.5) is 4.39 Å². The second-order valence-corrected chi connectivity index (χ2v) is 7.21. The predicted molar refractivity (Wildman–Crippen MR) is 85.0 cm³/mol. The third-order valence-corrected chi connectivity index (χ3v) is 5.16. The van der Waals surface area contributed by atoms with Crippen LogP contribution in [0, 0.1) is 17.7 Å². The van der Waals surface area contributed by atoms with Gasteiger partial charge >= 0.3 is 0 Å². The van der Waals surface area contributed by atoms with Gasteiger partial charge in [0.2, 0.25) is 0 Å². The lowest BCUT2D eigenvalue weighted by atomic mass is 9.97. The van der Waals surface area contributed by atoms with Gasteiger partial charge in [0.25, 0.3) is 0 Å². The molecule has 2 aliphatic rings. The zero-order chi connectivity index (χ0) is 15.0. The maximum atomic E-state index is 14.2. The van der Waals surface area contributed by atoms with Crippen LogP contribution < -0.4 is 5.32 Å². The van der Waals surface area contributed by atoms with Gasteiger partial charge in [0.1, 0.15) is 5.82 Å². The second kappa shape index (κ2) is 6.23. The van der Waals surface area contributed by atoms with E-state index in [0.29, 0.717) is 24.5 Å². The van der Waals surface area contributed by atoms with Gasteiger partial charge in [-0.05, 0) is 30.7 Å². The number of hydrogen-bond donors (Lipinski definition) is 1. The largest absolute Gasteiger partial charge is 0.311 e. The van der Waals surface area contributed by atoms with Gasteiger partial charge in [0.15, 0.2) is 0 Å². The Morgan fingerprint density at radius 3 is 2.81 bits per heavy atom. The van der Waals surface area contributed by atoms with Crippen molar-refractivity contribution < 1.29 is 4.39 Å². The molecular formula is C17H24ClFN2. The molecule has 4 heteroatoms. The molecule has 1 heterocycles. The normalized spacial score (nSPS) is 27.3. The second-order valence-electron chi connectivity index (χ2n) is 6.81. The number of halogens is 2. The van der Waals surface area contributed by atoms with Crippen LogP contribution in [0.2, 0.25) is 5.02 Å². The van der Waals surface area contributed by atoms with Crippen LogP contribution in [0.25, 0.3) is 0 Å². The van der Waals surface area contributed by atoms with Crippen molar-refractivity contribution in [3.8, 4) is 0 Å². The van der Waals surface area contributed by atoms with E-state index < -0.39 is 0 Å². The number of benzene rings is 1. The first-order valence-corrected chi connectivity index (χ1v) is 8.34. The van der Waals surface area contributed by atoms with Crippen molar-refractivity contribution in [2.24, 2.45) is 11.8 Å². The zero-order valence-corrected chi connectivity index (χ0v) is 13.5. The van der Waals surface area contributed by atoms with Crippen molar-refractivity contribution in [2.45, 2.75) is 45.3 Å². The molecule has 0 bridgehead atoms. The number of nitrogens with zero attached hydrogens (tertiary/aromatic N) is 1. The van der Waals surface area contributed by atoms with Crippen LogP contribution in [-0.2, 0) is 6.54 Å². The van der Waals surface area contributed by atoms with Crippen molar-refractivity contribution in [1.29, 1.82) is 0 Å². The minimum Gasteiger partial charge on any atom is -0.311 e. The SMILES string of the molecule is CC(C)C1CN(Cc2cccc(Cl)c2F)C(C2CC2)CN1. The van der Waals surface area contributed by atoms with Gasteiger partial charge in [-0.15, -0.1) is 0 Å². The predicted octanol–water partition coefficient (Wildman–Crippen LogP) is 3.69. The lowest BCUT2D eigenvalue weighted by molar-refractivity contribution is 0.0915. The van der Waals surface area contributed by atoms with Crippen LogP contribution in [-0.4, -0.2) is 30.1 Å². The molecular weight excluding hydrogens is 287 g/mol. The average Bonchev–Trinajstić information content (AvgIpc) is 3.28. The summed E-state index contributed by atoms with van der Waals surface area (Å²) in [4.78, 5) is 2.47. The number of rotatable bonds is 4. The highest BCUT2D eigenvalue weighted by molar-refractivity contribution is 6.30. The number of hydrogen-bond acceptors (Lipinski definition) is 2. The quantitative estimate of drug-likeness (QED) is 0.912. The summed E-state index contributed by atoms with van der Waals surface area (Å²) in [6.07, 6.45) is 2.63. The first-order valence-electron chi connectivity index (χ1n) is 7.96. The molecule has 1 aromatic carbocycles. The monoisotopic (exact) mass is 310 g/mol. The third kappa shape index (κ3) is 3.41. The molecule has 2 fully saturated rings. The Labute approximate surface area is 131 Å². The number of piperazine rings is 1. The Hall–Kier alpha value is -0.640. The number of nitrogens with one attached hydrogen (secondary N) is 1. The maximum Gasteiger partial charge on any atom is 0.146 e. The molecule has 2 atom stereocenters. The van der Waals surface area contributed by atoms with E-state index in [0.717, 1.165) is 24.6 Å². The van der Waals surface area contributed by atoms with Crippen LogP contribution in [0.5, 0.6) is 0 Å². The molecule has 2 nitrogen and oxygen atoms in total. The molecule has 1 aliphatic heterocycles. The summed E-state index contributed by atoms with van der Waals surface area (Å²) in [6, 6.07) is 6.35. The van der Waals surface area contributed by atoms with Gasteiger partial charge in [-0.25, -0.2) is 4.39 Å². The summed E-state index contributed by atoms with van der Waals surface area (Å²) in [5.74, 6) is 1.12. The van der Waals surface area contributed by atoms with Gasteiger partial charge in [-0.3, -0.25) is 4.90 Å². The van der Waals surface area contributed by atoms with Crippen molar-refractivity contribution in [3.05, 3.63) is 34.6 Å². The Morgan fingerprint density at radius 2 is 2.14 bits per heavy atom. The highest BCUT2D eigenvalue weighted by atomic mass is 35.5. The molecule has 0 spiro atoms. The van der Waals surface area contributed by atoms with Gasteiger partial charge in [0, 0.05) is 37.3 Å². The van der Waals surface area contributed by atoms with Crippen molar-refractivity contribution in [3.63, 3.8) is 0 Å². The summed E-state index contributed by atoms with van der Waals surface area (Å²) in [7, 11) is 0. The molecule has 0 aromatic heterocycles. The van der Waals surface area contributed by atoms with E-state index in [-0.39, 0.29) is 10.8 Å². The van der Waals surface area contributed by atoms with Gasteiger partial charge in [0.05, 0.1) is 5.02 Å². The smallest absolute Gasteiger partial charge is 0.146 e. The fourth-order valence-corrected chi connectivity index (χ4v) is 3.51. The Balaban J connectivity index is 1.77. The molecule has 1 saturated heterocycles.